The third kappa shape index (κ3) is 3.87. The Bertz CT molecular complexity index is 582. The molecule has 2 aliphatic rings. The van der Waals surface area contributed by atoms with Crippen LogP contribution in [0.2, 0.25) is 0 Å². The molecule has 1 saturated heterocycles. The SMILES string of the molecule is NCCOc1ccc(NC(=O)C2CC(=O)N(C3CCCC3)C2)cc1. The van der Waals surface area contributed by atoms with Gasteiger partial charge in [0, 0.05) is 31.2 Å². The van der Waals surface area contributed by atoms with Crippen molar-refractivity contribution in [2.45, 2.75) is 38.1 Å². The zero-order chi connectivity index (χ0) is 16.9. The van der Waals surface area contributed by atoms with Crippen LogP contribution < -0.4 is 15.8 Å². The van der Waals surface area contributed by atoms with Gasteiger partial charge in [0.2, 0.25) is 11.8 Å². The van der Waals surface area contributed by atoms with E-state index in [1.165, 1.54) is 12.8 Å². The fourth-order valence-electron chi connectivity index (χ4n) is 3.53. The van der Waals surface area contributed by atoms with Crippen LogP contribution in [0.3, 0.4) is 0 Å². The first kappa shape index (κ1) is 16.8. The summed E-state index contributed by atoms with van der Waals surface area (Å²) >= 11 is 0. The second-order valence-corrected chi connectivity index (χ2v) is 6.54. The lowest BCUT2D eigenvalue weighted by atomic mass is 10.1. The first-order valence-corrected chi connectivity index (χ1v) is 8.70. The number of carbonyl (C=O) groups excluding carboxylic acids is 2. The summed E-state index contributed by atoms with van der Waals surface area (Å²) in [6, 6.07) is 7.55. The molecule has 130 valence electrons. The summed E-state index contributed by atoms with van der Waals surface area (Å²) in [5.41, 5.74) is 6.11. The Morgan fingerprint density at radius 2 is 1.96 bits per heavy atom. The Kier molecular flexibility index (Phi) is 5.35. The Labute approximate surface area is 142 Å². The lowest BCUT2D eigenvalue weighted by Gasteiger charge is -2.23. The van der Waals surface area contributed by atoms with E-state index in [1.54, 1.807) is 24.3 Å². The van der Waals surface area contributed by atoms with Gasteiger partial charge in [-0.1, -0.05) is 12.8 Å². The highest BCUT2D eigenvalue weighted by molar-refractivity contribution is 5.97. The highest BCUT2D eigenvalue weighted by Gasteiger charge is 2.38. The van der Waals surface area contributed by atoms with Crippen LogP contribution in [-0.4, -0.2) is 42.5 Å². The number of ether oxygens (including phenoxy) is 1. The van der Waals surface area contributed by atoms with Gasteiger partial charge in [-0.05, 0) is 37.1 Å². The monoisotopic (exact) mass is 331 g/mol. The molecule has 1 aromatic rings. The maximum atomic E-state index is 12.4. The van der Waals surface area contributed by atoms with Gasteiger partial charge in [0.1, 0.15) is 12.4 Å². The molecule has 0 spiro atoms. The highest BCUT2D eigenvalue weighted by Crippen LogP contribution is 2.30. The minimum absolute atomic E-state index is 0.0838. The maximum Gasteiger partial charge on any atom is 0.229 e. The largest absolute Gasteiger partial charge is 0.492 e. The van der Waals surface area contributed by atoms with Crippen molar-refractivity contribution in [2.75, 3.05) is 25.0 Å². The normalized spacial score (nSPS) is 21.3. The molecule has 0 bridgehead atoms. The zero-order valence-electron chi connectivity index (χ0n) is 13.9. The minimum Gasteiger partial charge on any atom is -0.492 e. The van der Waals surface area contributed by atoms with E-state index in [0.717, 1.165) is 18.6 Å². The van der Waals surface area contributed by atoms with Gasteiger partial charge >= 0.3 is 0 Å². The van der Waals surface area contributed by atoms with Gasteiger partial charge in [0.05, 0.1) is 5.92 Å². The summed E-state index contributed by atoms with van der Waals surface area (Å²) in [6.45, 7) is 1.48. The average molecular weight is 331 g/mol. The number of nitrogens with one attached hydrogen (secondary N) is 1. The molecule has 0 aromatic heterocycles. The van der Waals surface area contributed by atoms with Crippen molar-refractivity contribution >= 4 is 17.5 Å². The summed E-state index contributed by atoms with van der Waals surface area (Å²) in [4.78, 5) is 26.6. The molecule has 2 fully saturated rings. The quantitative estimate of drug-likeness (QED) is 0.832. The number of hydrogen-bond donors (Lipinski definition) is 2. The van der Waals surface area contributed by atoms with E-state index in [0.29, 0.717) is 37.8 Å². The number of amides is 2. The lowest BCUT2D eigenvalue weighted by molar-refractivity contribution is -0.129. The van der Waals surface area contributed by atoms with Gasteiger partial charge in [0.25, 0.3) is 0 Å². The molecule has 2 amide bonds. The molecule has 3 N–H and O–H groups in total. The molecule has 6 nitrogen and oxygen atoms in total. The molecule has 0 radical (unpaired) electrons. The second kappa shape index (κ2) is 7.66. The molecule has 6 heteroatoms. The Morgan fingerprint density at radius 1 is 1.25 bits per heavy atom. The number of rotatable bonds is 6. The maximum absolute atomic E-state index is 12.4. The Balaban J connectivity index is 1.54. The lowest BCUT2D eigenvalue weighted by Crippen LogP contribution is -2.35. The van der Waals surface area contributed by atoms with Crippen LogP contribution in [0, 0.1) is 5.92 Å². The van der Waals surface area contributed by atoms with Crippen molar-refractivity contribution in [1.82, 2.24) is 4.90 Å². The fraction of sp³-hybridized carbons (Fsp3) is 0.556. The van der Waals surface area contributed by atoms with E-state index in [2.05, 4.69) is 5.32 Å². The number of nitrogens with two attached hydrogens (primary N) is 1. The van der Waals surface area contributed by atoms with E-state index in [1.807, 2.05) is 4.90 Å². The van der Waals surface area contributed by atoms with Crippen LogP contribution in [0.1, 0.15) is 32.1 Å². The van der Waals surface area contributed by atoms with Crippen molar-refractivity contribution in [1.29, 1.82) is 0 Å². The topological polar surface area (TPSA) is 84.7 Å². The third-order valence-electron chi connectivity index (χ3n) is 4.80. The molecule has 1 atom stereocenters. The Hall–Kier alpha value is -2.08. The van der Waals surface area contributed by atoms with Crippen molar-refractivity contribution in [3.05, 3.63) is 24.3 Å². The van der Waals surface area contributed by atoms with Crippen LogP contribution in [0.5, 0.6) is 5.75 Å². The van der Waals surface area contributed by atoms with Crippen LogP contribution in [-0.2, 0) is 9.59 Å². The summed E-state index contributed by atoms with van der Waals surface area (Å²) in [5.74, 6) is 0.500. The van der Waals surface area contributed by atoms with E-state index in [4.69, 9.17) is 10.5 Å². The first-order chi connectivity index (χ1) is 11.7. The minimum atomic E-state index is -0.258. The molecule has 1 aliphatic carbocycles. The number of hydrogen-bond acceptors (Lipinski definition) is 4. The van der Waals surface area contributed by atoms with E-state index < -0.39 is 0 Å². The van der Waals surface area contributed by atoms with Crippen molar-refractivity contribution in [2.24, 2.45) is 11.7 Å². The molecule has 1 unspecified atom stereocenters. The van der Waals surface area contributed by atoms with Crippen LogP contribution in [0.4, 0.5) is 5.69 Å². The van der Waals surface area contributed by atoms with Crippen LogP contribution >= 0.6 is 0 Å². The van der Waals surface area contributed by atoms with Gasteiger partial charge in [0.15, 0.2) is 0 Å². The summed E-state index contributed by atoms with van der Waals surface area (Å²) in [5, 5.41) is 2.90. The standard InChI is InChI=1S/C18H25N3O3/c19-9-10-24-16-7-5-14(6-8-16)20-18(23)13-11-17(22)21(12-13)15-3-1-2-4-15/h5-8,13,15H,1-4,9-12,19H2,(H,20,23). The van der Waals surface area contributed by atoms with Gasteiger partial charge in [-0.3, -0.25) is 9.59 Å². The predicted molar refractivity (Wildman–Crippen MR) is 91.7 cm³/mol. The highest BCUT2D eigenvalue weighted by atomic mass is 16.5. The third-order valence-corrected chi connectivity index (χ3v) is 4.80. The van der Waals surface area contributed by atoms with Crippen molar-refractivity contribution in [3.63, 3.8) is 0 Å². The molecule has 1 aromatic carbocycles. The number of anilines is 1. The van der Waals surface area contributed by atoms with Crippen molar-refractivity contribution in [3.8, 4) is 5.75 Å². The Morgan fingerprint density at radius 3 is 2.62 bits per heavy atom. The summed E-state index contributed by atoms with van der Waals surface area (Å²) in [7, 11) is 0. The molecule has 1 saturated carbocycles. The van der Waals surface area contributed by atoms with E-state index in [9.17, 15) is 9.59 Å². The van der Waals surface area contributed by atoms with Crippen LogP contribution in [0.25, 0.3) is 0 Å². The van der Waals surface area contributed by atoms with Gasteiger partial charge in [-0.2, -0.15) is 0 Å². The average Bonchev–Trinajstić information content (AvgIpc) is 3.23. The smallest absolute Gasteiger partial charge is 0.229 e. The molecule has 24 heavy (non-hydrogen) atoms. The fourth-order valence-corrected chi connectivity index (χ4v) is 3.53. The molecule has 1 aliphatic heterocycles. The van der Waals surface area contributed by atoms with E-state index >= 15 is 0 Å². The van der Waals surface area contributed by atoms with Gasteiger partial charge < -0.3 is 20.7 Å². The van der Waals surface area contributed by atoms with Crippen molar-refractivity contribution < 1.29 is 14.3 Å². The molecule has 1 heterocycles. The first-order valence-electron chi connectivity index (χ1n) is 8.70. The van der Waals surface area contributed by atoms with Gasteiger partial charge in [-0.25, -0.2) is 0 Å². The number of carbonyl (C=O) groups is 2. The molecular formula is C18H25N3O3. The number of likely N-dealkylation sites (tertiary alicyclic amines) is 1. The molecular weight excluding hydrogens is 306 g/mol. The number of nitrogens with zero attached hydrogens (tertiary/aromatic N) is 1. The zero-order valence-corrected chi connectivity index (χ0v) is 13.9. The number of benzene rings is 1. The van der Waals surface area contributed by atoms with E-state index in [-0.39, 0.29) is 17.7 Å². The second-order valence-electron chi connectivity index (χ2n) is 6.54. The summed E-state index contributed by atoms with van der Waals surface area (Å²) < 4.78 is 5.41. The predicted octanol–water partition coefficient (Wildman–Crippen LogP) is 1.75. The summed E-state index contributed by atoms with van der Waals surface area (Å²) in [6.07, 6.45) is 4.84. The van der Waals surface area contributed by atoms with Crippen LogP contribution in [0.15, 0.2) is 24.3 Å². The van der Waals surface area contributed by atoms with Gasteiger partial charge in [-0.15, -0.1) is 0 Å². The molecule has 3 rings (SSSR count).